The summed E-state index contributed by atoms with van der Waals surface area (Å²) in [7, 11) is 0. The maximum atomic E-state index is 12.8. The third-order valence-corrected chi connectivity index (χ3v) is 5.90. The molecule has 31 heavy (non-hydrogen) atoms. The number of pyridine rings is 2. The summed E-state index contributed by atoms with van der Waals surface area (Å²) in [6.07, 6.45) is 4.06. The minimum atomic E-state index is -0.462. The van der Waals surface area contributed by atoms with Crippen LogP contribution in [0, 0.1) is 0 Å². The van der Waals surface area contributed by atoms with Crippen LogP contribution in [0.5, 0.6) is 0 Å². The number of fused-ring (bicyclic) bond motifs is 1. The molecule has 3 aromatic rings. The number of nitrogens with zero attached hydrogens (tertiary/aromatic N) is 5. The Morgan fingerprint density at radius 2 is 1.94 bits per heavy atom. The molecule has 0 aliphatic carbocycles. The highest BCUT2D eigenvalue weighted by Gasteiger charge is 2.30. The van der Waals surface area contributed by atoms with Gasteiger partial charge in [0.15, 0.2) is 5.69 Å². The Hall–Kier alpha value is -3.20. The van der Waals surface area contributed by atoms with E-state index in [1.165, 1.54) is 11.8 Å². The predicted molar refractivity (Wildman–Crippen MR) is 116 cm³/mol. The number of aromatic nitrogens is 4. The van der Waals surface area contributed by atoms with Crippen molar-refractivity contribution in [3.63, 3.8) is 0 Å². The van der Waals surface area contributed by atoms with Crippen LogP contribution < -0.4 is 0 Å². The monoisotopic (exact) mass is 437 g/mol. The quantitative estimate of drug-likeness (QED) is 0.414. The molecule has 0 bridgehead atoms. The van der Waals surface area contributed by atoms with Crippen LogP contribution in [0.1, 0.15) is 34.4 Å². The summed E-state index contributed by atoms with van der Waals surface area (Å²) in [5.41, 5.74) is 2.85. The predicted octanol–water partition coefficient (Wildman–Crippen LogP) is 2.58. The van der Waals surface area contributed by atoms with Crippen LogP contribution in [0.3, 0.4) is 0 Å². The van der Waals surface area contributed by atoms with Crippen molar-refractivity contribution in [2.45, 2.75) is 31.5 Å². The van der Waals surface area contributed by atoms with E-state index in [9.17, 15) is 9.59 Å². The molecule has 1 aliphatic rings. The smallest absolute Gasteiger partial charge is 0.359 e. The molecule has 3 aromatic heterocycles. The summed E-state index contributed by atoms with van der Waals surface area (Å²) in [5.74, 6) is -0.160. The molecular weight excluding hydrogens is 414 g/mol. The molecule has 8 nitrogen and oxygen atoms in total. The van der Waals surface area contributed by atoms with Gasteiger partial charge in [-0.1, -0.05) is 23.9 Å². The van der Waals surface area contributed by atoms with Crippen LogP contribution in [-0.2, 0) is 29.0 Å². The lowest BCUT2D eigenvalue weighted by molar-refractivity contribution is -0.129. The summed E-state index contributed by atoms with van der Waals surface area (Å²) in [4.78, 5) is 35.7. The Morgan fingerprint density at radius 3 is 2.65 bits per heavy atom. The van der Waals surface area contributed by atoms with Crippen molar-refractivity contribution in [2.24, 2.45) is 0 Å². The first-order chi connectivity index (χ1) is 15.2. The number of carbonyl (C=O) groups is 2. The Morgan fingerprint density at radius 1 is 1.13 bits per heavy atom. The second-order valence-corrected chi connectivity index (χ2v) is 7.99. The van der Waals surface area contributed by atoms with E-state index in [0.717, 1.165) is 22.0 Å². The van der Waals surface area contributed by atoms with Gasteiger partial charge >= 0.3 is 5.97 Å². The van der Waals surface area contributed by atoms with Crippen molar-refractivity contribution in [1.82, 2.24) is 24.6 Å². The normalized spacial score (nSPS) is 13.0. The molecule has 0 radical (unpaired) electrons. The second kappa shape index (κ2) is 9.74. The lowest BCUT2D eigenvalue weighted by Gasteiger charge is -2.27. The minimum Gasteiger partial charge on any atom is -0.461 e. The van der Waals surface area contributed by atoms with E-state index >= 15 is 0 Å². The summed E-state index contributed by atoms with van der Waals surface area (Å²) in [6.45, 7) is 3.41. The van der Waals surface area contributed by atoms with Crippen molar-refractivity contribution < 1.29 is 14.3 Å². The molecule has 0 atom stereocenters. The number of amides is 1. The van der Waals surface area contributed by atoms with Crippen molar-refractivity contribution in [1.29, 1.82) is 0 Å². The van der Waals surface area contributed by atoms with Crippen molar-refractivity contribution in [3.05, 3.63) is 71.4 Å². The molecule has 0 aromatic carbocycles. The van der Waals surface area contributed by atoms with Gasteiger partial charge in [0.1, 0.15) is 0 Å². The van der Waals surface area contributed by atoms with Crippen molar-refractivity contribution >= 4 is 23.6 Å². The largest absolute Gasteiger partial charge is 0.461 e. The van der Waals surface area contributed by atoms with Gasteiger partial charge in [-0.2, -0.15) is 5.10 Å². The molecule has 1 aliphatic heterocycles. The Balaban J connectivity index is 1.53. The first-order valence-electron chi connectivity index (χ1n) is 10.1. The molecule has 0 saturated heterocycles. The fourth-order valence-electron chi connectivity index (χ4n) is 3.50. The average Bonchev–Trinajstić information content (AvgIpc) is 3.16. The number of hydrogen-bond donors (Lipinski definition) is 0. The van der Waals surface area contributed by atoms with E-state index < -0.39 is 5.97 Å². The number of ether oxygens (including phenoxy) is 1. The molecule has 0 saturated carbocycles. The van der Waals surface area contributed by atoms with Crippen LogP contribution in [-0.4, -0.2) is 55.4 Å². The first kappa shape index (κ1) is 21.0. The highest BCUT2D eigenvalue weighted by atomic mass is 32.2. The van der Waals surface area contributed by atoms with E-state index in [1.54, 1.807) is 24.2 Å². The highest BCUT2D eigenvalue weighted by molar-refractivity contribution is 7.99. The van der Waals surface area contributed by atoms with Crippen molar-refractivity contribution in [3.8, 4) is 0 Å². The fraction of sp³-hybridized carbons (Fsp3) is 0.318. The minimum absolute atomic E-state index is 0.00795. The lowest BCUT2D eigenvalue weighted by atomic mass is 10.0. The molecule has 1 amide bonds. The van der Waals surface area contributed by atoms with Gasteiger partial charge in [0.05, 0.1) is 29.6 Å². The number of rotatable bonds is 7. The van der Waals surface area contributed by atoms with Crippen molar-refractivity contribution in [2.75, 3.05) is 18.9 Å². The zero-order valence-corrected chi connectivity index (χ0v) is 18.0. The van der Waals surface area contributed by atoms with Crippen LogP contribution in [0.25, 0.3) is 0 Å². The summed E-state index contributed by atoms with van der Waals surface area (Å²) in [6, 6.07) is 11.3. The van der Waals surface area contributed by atoms with Crippen LogP contribution >= 0.6 is 11.8 Å². The third kappa shape index (κ3) is 4.93. The number of hydrogen-bond acceptors (Lipinski definition) is 7. The van der Waals surface area contributed by atoms with E-state index in [2.05, 4.69) is 15.1 Å². The molecular formula is C22H23N5O3S. The zero-order chi connectivity index (χ0) is 21.6. The topological polar surface area (TPSA) is 90.2 Å². The maximum absolute atomic E-state index is 12.8. The third-order valence-electron chi connectivity index (χ3n) is 4.97. The van der Waals surface area contributed by atoms with Gasteiger partial charge in [0.2, 0.25) is 5.91 Å². The molecule has 9 heteroatoms. The number of carbonyl (C=O) groups excluding carboxylic acids is 2. The van der Waals surface area contributed by atoms with Gasteiger partial charge in [-0.25, -0.2) is 9.78 Å². The van der Waals surface area contributed by atoms with E-state index in [-0.39, 0.29) is 18.2 Å². The highest BCUT2D eigenvalue weighted by Crippen LogP contribution is 2.25. The Bertz CT molecular complexity index is 1060. The first-order valence-corrected chi connectivity index (χ1v) is 11.1. The summed E-state index contributed by atoms with van der Waals surface area (Å²) >= 11 is 1.41. The van der Waals surface area contributed by atoms with Crippen LogP contribution in [0.4, 0.5) is 0 Å². The average molecular weight is 438 g/mol. The van der Waals surface area contributed by atoms with Gasteiger partial charge in [0.25, 0.3) is 0 Å². The molecule has 4 heterocycles. The van der Waals surface area contributed by atoms with E-state index in [1.807, 2.05) is 41.1 Å². The Kier molecular flexibility index (Phi) is 6.61. The van der Waals surface area contributed by atoms with Crippen LogP contribution in [0.2, 0.25) is 0 Å². The second-order valence-electron chi connectivity index (χ2n) is 6.99. The van der Waals surface area contributed by atoms with Gasteiger partial charge in [-0.3, -0.25) is 14.5 Å². The molecule has 4 rings (SSSR count). The van der Waals surface area contributed by atoms with Gasteiger partial charge in [-0.05, 0) is 31.2 Å². The van der Waals surface area contributed by atoms with Gasteiger partial charge < -0.3 is 9.64 Å². The molecule has 0 N–H and O–H groups in total. The fourth-order valence-corrected chi connectivity index (χ4v) is 4.27. The SMILES string of the molecule is CCOC(=O)c1nn(Cc2ccccn2)c2c1CN(C(=O)CSc1ccccn1)CC2. The van der Waals surface area contributed by atoms with E-state index in [4.69, 9.17) is 4.74 Å². The summed E-state index contributed by atoms with van der Waals surface area (Å²) < 4.78 is 7.03. The number of esters is 1. The standard InChI is InChI=1S/C22H23N5O3S/c1-2-30-22(29)21-17-14-26(20(28)15-31-19-8-4-6-11-24-19)12-9-18(17)27(25-21)13-16-7-3-5-10-23-16/h3-8,10-11H,2,9,12-15H2,1H3. The molecule has 0 unspecified atom stereocenters. The van der Waals surface area contributed by atoms with Crippen LogP contribution in [0.15, 0.2) is 53.8 Å². The lowest BCUT2D eigenvalue weighted by Crippen LogP contribution is -2.38. The summed E-state index contributed by atoms with van der Waals surface area (Å²) in [5, 5.41) is 5.35. The van der Waals surface area contributed by atoms with E-state index in [0.29, 0.717) is 31.8 Å². The maximum Gasteiger partial charge on any atom is 0.359 e. The van der Waals surface area contributed by atoms with Gasteiger partial charge in [0, 0.05) is 43.2 Å². The zero-order valence-electron chi connectivity index (χ0n) is 17.2. The van der Waals surface area contributed by atoms with Gasteiger partial charge in [-0.15, -0.1) is 0 Å². The number of thioether (sulfide) groups is 1. The molecule has 0 fully saturated rings. The molecule has 0 spiro atoms. The molecule has 160 valence electrons. The Labute approximate surface area is 184 Å².